The Hall–Kier alpha value is -3.18. The average Bonchev–Trinajstić information content (AvgIpc) is 2.83. The molecular formula is C26H26ClN3O2. The Labute approximate surface area is 192 Å². The van der Waals surface area contributed by atoms with E-state index in [2.05, 4.69) is 6.92 Å². The van der Waals surface area contributed by atoms with Crippen molar-refractivity contribution in [3.8, 4) is 5.69 Å². The molecule has 4 rings (SSSR count). The van der Waals surface area contributed by atoms with Gasteiger partial charge in [0.25, 0.3) is 5.56 Å². The van der Waals surface area contributed by atoms with Gasteiger partial charge in [-0.3, -0.25) is 14.2 Å². The maximum absolute atomic E-state index is 13.7. The number of hydrogen-bond donors (Lipinski definition) is 0. The third kappa shape index (κ3) is 4.13. The Balaban J connectivity index is 1.96. The minimum Gasteiger partial charge on any atom is -0.332 e. The van der Waals surface area contributed by atoms with Crippen LogP contribution in [0.15, 0.2) is 71.5 Å². The molecular weight excluding hydrogens is 422 g/mol. The number of nitrogens with zero attached hydrogens (tertiary/aromatic N) is 3. The normalized spacial score (nSPS) is 12.2. The summed E-state index contributed by atoms with van der Waals surface area (Å²) >= 11 is 5.93. The minimum atomic E-state index is -0.420. The number of halogens is 1. The van der Waals surface area contributed by atoms with Gasteiger partial charge in [0, 0.05) is 6.54 Å². The summed E-state index contributed by atoms with van der Waals surface area (Å²) in [7, 11) is 0. The maximum Gasteiger partial charge on any atom is 0.266 e. The van der Waals surface area contributed by atoms with Crippen molar-refractivity contribution in [3.63, 3.8) is 0 Å². The van der Waals surface area contributed by atoms with Crippen molar-refractivity contribution >= 4 is 39.2 Å². The number of unbranched alkanes of at least 4 members (excludes halogenated alkanes) is 1. The second-order valence-corrected chi connectivity index (χ2v) is 8.18. The molecule has 0 saturated carbocycles. The van der Waals surface area contributed by atoms with Gasteiger partial charge < -0.3 is 4.90 Å². The first kappa shape index (κ1) is 22.0. The van der Waals surface area contributed by atoms with Crippen molar-refractivity contribution in [1.82, 2.24) is 14.5 Å². The Morgan fingerprint density at radius 3 is 2.53 bits per heavy atom. The van der Waals surface area contributed by atoms with E-state index < -0.39 is 6.04 Å². The molecule has 3 aromatic carbocycles. The van der Waals surface area contributed by atoms with Crippen LogP contribution in [0, 0.1) is 0 Å². The van der Waals surface area contributed by atoms with Gasteiger partial charge in [0.1, 0.15) is 11.7 Å². The zero-order valence-electron chi connectivity index (χ0n) is 18.3. The van der Waals surface area contributed by atoms with Gasteiger partial charge in [-0.05, 0) is 48.4 Å². The number of fused-ring (bicyclic) bond motifs is 2. The molecule has 6 heteroatoms. The van der Waals surface area contributed by atoms with E-state index in [1.54, 1.807) is 15.5 Å². The molecule has 164 valence electrons. The molecule has 0 bridgehead atoms. The van der Waals surface area contributed by atoms with E-state index in [4.69, 9.17) is 16.6 Å². The largest absolute Gasteiger partial charge is 0.332 e. The van der Waals surface area contributed by atoms with E-state index in [-0.39, 0.29) is 17.3 Å². The molecule has 1 atom stereocenters. The van der Waals surface area contributed by atoms with Gasteiger partial charge in [-0.25, -0.2) is 4.98 Å². The standard InChI is InChI=1S/C26H26ClN3O2/c1-3-4-15-29(24(31)17-27)18(2)25-28-23-12-8-7-11-22(23)26(32)30(25)21-14-13-19-9-5-6-10-20(19)16-21/h5-14,16,18H,3-4,15,17H2,1-2H3. The Bertz CT molecular complexity index is 1330. The van der Waals surface area contributed by atoms with Crippen LogP contribution in [-0.4, -0.2) is 32.8 Å². The quantitative estimate of drug-likeness (QED) is 0.353. The van der Waals surface area contributed by atoms with E-state index >= 15 is 0 Å². The predicted molar refractivity (Wildman–Crippen MR) is 131 cm³/mol. The minimum absolute atomic E-state index is 0.109. The smallest absolute Gasteiger partial charge is 0.266 e. The van der Waals surface area contributed by atoms with Crippen LogP contribution in [0.2, 0.25) is 0 Å². The SMILES string of the molecule is CCCCN(C(=O)CCl)C(C)c1nc2ccccc2c(=O)n1-c1ccc2ccccc2c1. The molecule has 0 saturated heterocycles. The van der Waals surface area contributed by atoms with Gasteiger partial charge in [0.2, 0.25) is 5.91 Å². The molecule has 4 aromatic rings. The van der Waals surface area contributed by atoms with Gasteiger partial charge in [-0.1, -0.05) is 55.8 Å². The molecule has 0 aliphatic carbocycles. The van der Waals surface area contributed by atoms with Crippen LogP contribution in [0.1, 0.15) is 38.6 Å². The lowest BCUT2D eigenvalue weighted by Crippen LogP contribution is -2.38. The van der Waals surface area contributed by atoms with Crippen molar-refractivity contribution in [2.24, 2.45) is 0 Å². The molecule has 0 radical (unpaired) electrons. The summed E-state index contributed by atoms with van der Waals surface area (Å²) in [5.41, 5.74) is 1.19. The third-order valence-corrected chi connectivity index (χ3v) is 6.05. The van der Waals surface area contributed by atoms with Crippen molar-refractivity contribution in [1.29, 1.82) is 0 Å². The molecule has 5 nitrogen and oxygen atoms in total. The van der Waals surface area contributed by atoms with Crippen LogP contribution in [0.3, 0.4) is 0 Å². The summed E-state index contributed by atoms with van der Waals surface area (Å²) in [5, 5.41) is 2.67. The van der Waals surface area contributed by atoms with Crippen LogP contribution in [-0.2, 0) is 4.79 Å². The lowest BCUT2D eigenvalue weighted by molar-refractivity contribution is -0.130. The van der Waals surface area contributed by atoms with Gasteiger partial charge in [0.15, 0.2) is 0 Å². The monoisotopic (exact) mass is 447 g/mol. The highest BCUT2D eigenvalue weighted by atomic mass is 35.5. The highest BCUT2D eigenvalue weighted by molar-refractivity contribution is 6.27. The Kier molecular flexibility index (Phi) is 6.56. The lowest BCUT2D eigenvalue weighted by Gasteiger charge is -2.30. The molecule has 0 fully saturated rings. The second kappa shape index (κ2) is 9.53. The fourth-order valence-corrected chi connectivity index (χ4v) is 4.23. The number of para-hydroxylation sites is 1. The van der Waals surface area contributed by atoms with E-state index in [9.17, 15) is 9.59 Å². The molecule has 0 N–H and O–H groups in total. The van der Waals surface area contributed by atoms with Crippen LogP contribution in [0.25, 0.3) is 27.4 Å². The first-order chi connectivity index (χ1) is 15.5. The molecule has 1 unspecified atom stereocenters. The highest BCUT2D eigenvalue weighted by Crippen LogP contribution is 2.25. The lowest BCUT2D eigenvalue weighted by atomic mass is 10.1. The topological polar surface area (TPSA) is 55.2 Å². The number of carbonyl (C=O) groups excluding carboxylic acids is 1. The number of carbonyl (C=O) groups is 1. The van der Waals surface area contributed by atoms with Gasteiger partial charge in [-0.15, -0.1) is 11.6 Å². The summed E-state index contributed by atoms with van der Waals surface area (Å²) in [6, 6.07) is 20.8. The highest BCUT2D eigenvalue weighted by Gasteiger charge is 2.26. The van der Waals surface area contributed by atoms with Crippen LogP contribution in [0.5, 0.6) is 0 Å². The number of aromatic nitrogens is 2. The van der Waals surface area contributed by atoms with Crippen LogP contribution in [0.4, 0.5) is 0 Å². The Morgan fingerprint density at radius 2 is 1.78 bits per heavy atom. The van der Waals surface area contributed by atoms with Crippen LogP contribution >= 0.6 is 11.6 Å². The summed E-state index contributed by atoms with van der Waals surface area (Å²) in [5.74, 6) is 0.251. The third-order valence-electron chi connectivity index (χ3n) is 5.82. The van der Waals surface area contributed by atoms with Crippen molar-refractivity contribution in [3.05, 3.63) is 82.9 Å². The first-order valence-electron chi connectivity index (χ1n) is 10.9. The second-order valence-electron chi connectivity index (χ2n) is 7.91. The van der Waals surface area contributed by atoms with Gasteiger partial charge >= 0.3 is 0 Å². The van der Waals surface area contributed by atoms with E-state index in [1.807, 2.05) is 67.6 Å². The fourth-order valence-electron chi connectivity index (χ4n) is 4.07. The van der Waals surface area contributed by atoms with Gasteiger partial charge in [-0.2, -0.15) is 0 Å². The number of benzene rings is 3. The number of rotatable bonds is 7. The number of amides is 1. The fraction of sp³-hybridized carbons (Fsp3) is 0.269. The van der Waals surface area contributed by atoms with Crippen molar-refractivity contribution < 1.29 is 4.79 Å². The van der Waals surface area contributed by atoms with Crippen molar-refractivity contribution in [2.45, 2.75) is 32.7 Å². The zero-order chi connectivity index (χ0) is 22.7. The number of alkyl halides is 1. The van der Waals surface area contributed by atoms with E-state index in [1.165, 1.54) is 0 Å². The molecule has 32 heavy (non-hydrogen) atoms. The average molecular weight is 448 g/mol. The van der Waals surface area contributed by atoms with E-state index in [0.717, 1.165) is 29.3 Å². The zero-order valence-corrected chi connectivity index (χ0v) is 19.0. The summed E-state index contributed by atoms with van der Waals surface area (Å²) in [6.45, 7) is 4.55. The molecule has 0 spiro atoms. The van der Waals surface area contributed by atoms with E-state index in [0.29, 0.717) is 23.3 Å². The molecule has 1 aromatic heterocycles. The molecule has 1 amide bonds. The maximum atomic E-state index is 13.7. The summed E-state index contributed by atoms with van der Waals surface area (Å²) in [6.07, 6.45) is 1.79. The predicted octanol–water partition coefficient (Wildman–Crippen LogP) is 5.47. The molecule has 0 aliphatic heterocycles. The van der Waals surface area contributed by atoms with Gasteiger partial charge in [0.05, 0.1) is 22.6 Å². The number of hydrogen-bond acceptors (Lipinski definition) is 3. The summed E-state index contributed by atoms with van der Waals surface area (Å²) in [4.78, 5) is 32.9. The molecule has 0 aliphatic rings. The Morgan fingerprint density at radius 1 is 1.06 bits per heavy atom. The summed E-state index contributed by atoms with van der Waals surface area (Å²) < 4.78 is 1.64. The van der Waals surface area contributed by atoms with Crippen molar-refractivity contribution in [2.75, 3.05) is 12.4 Å². The van der Waals surface area contributed by atoms with Crippen LogP contribution < -0.4 is 5.56 Å². The molecule has 1 heterocycles. The first-order valence-corrected chi connectivity index (χ1v) is 11.4.